The van der Waals surface area contributed by atoms with Crippen molar-refractivity contribution in [1.29, 1.82) is 0 Å². The Labute approximate surface area is 141 Å². The van der Waals surface area contributed by atoms with Crippen LogP contribution in [0.3, 0.4) is 0 Å². The van der Waals surface area contributed by atoms with E-state index in [1.54, 1.807) is 0 Å². The third-order valence-corrected chi connectivity index (χ3v) is 5.03. The third-order valence-electron chi connectivity index (χ3n) is 5.03. The summed E-state index contributed by atoms with van der Waals surface area (Å²) in [6.45, 7) is 8.60. The number of pyridine rings is 1. The Morgan fingerprint density at radius 3 is 2.88 bits per heavy atom. The van der Waals surface area contributed by atoms with Crippen LogP contribution in [0.1, 0.15) is 67.2 Å². The highest BCUT2D eigenvalue weighted by Crippen LogP contribution is 2.41. The number of carbonyl (C=O) groups excluding carboxylic acids is 1. The number of hydrogen-bond donors (Lipinski definition) is 1. The summed E-state index contributed by atoms with van der Waals surface area (Å²) in [4.78, 5) is 19.9. The van der Waals surface area contributed by atoms with Crippen molar-refractivity contribution < 1.29 is 9.32 Å². The second-order valence-corrected chi connectivity index (χ2v) is 7.32. The molecule has 0 bridgehead atoms. The van der Waals surface area contributed by atoms with Crippen LogP contribution in [0.25, 0.3) is 11.1 Å². The number of nitrogens with zero attached hydrogens (tertiary/aromatic N) is 3. The van der Waals surface area contributed by atoms with E-state index in [2.05, 4.69) is 36.2 Å². The van der Waals surface area contributed by atoms with Crippen LogP contribution in [0, 0.1) is 0 Å². The number of nitrogens with one attached hydrogen (secondary N) is 1. The number of carbonyl (C=O) groups is 1. The van der Waals surface area contributed by atoms with E-state index >= 15 is 0 Å². The third kappa shape index (κ3) is 2.59. The van der Waals surface area contributed by atoms with Crippen LogP contribution < -0.4 is 5.32 Å². The molecule has 1 saturated heterocycles. The summed E-state index contributed by atoms with van der Waals surface area (Å²) in [6.07, 6.45) is 2.28. The molecule has 2 fully saturated rings. The van der Waals surface area contributed by atoms with Gasteiger partial charge in [-0.25, -0.2) is 4.98 Å². The zero-order valence-electron chi connectivity index (χ0n) is 14.5. The molecule has 0 radical (unpaired) electrons. The Morgan fingerprint density at radius 1 is 1.42 bits per heavy atom. The normalized spacial score (nSPS) is 21.7. The van der Waals surface area contributed by atoms with Crippen molar-refractivity contribution in [3.63, 3.8) is 0 Å². The standard InChI is InChI=1S/C18H24N4O2/c1-10(2)16-15-13(18(23)22-7-6-19-9-11(22)3)8-14(12-4-5-12)20-17(15)24-21-16/h8,10-12,19H,4-7,9H2,1-3H3. The molecular weight excluding hydrogens is 304 g/mol. The first kappa shape index (κ1) is 15.6. The van der Waals surface area contributed by atoms with Gasteiger partial charge in [0.1, 0.15) is 0 Å². The summed E-state index contributed by atoms with van der Waals surface area (Å²) >= 11 is 0. The van der Waals surface area contributed by atoms with Crippen LogP contribution in [0.5, 0.6) is 0 Å². The van der Waals surface area contributed by atoms with E-state index in [0.29, 0.717) is 17.2 Å². The maximum atomic E-state index is 13.3. The topological polar surface area (TPSA) is 71.3 Å². The summed E-state index contributed by atoms with van der Waals surface area (Å²) in [5.74, 6) is 0.726. The average Bonchev–Trinajstić information content (AvgIpc) is 3.32. The molecule has 2 aromatic heterocycles. The van der Waals surface area contributed by atoms with Crippen molar-refractivity contribution in [3.05, 3.63) is 23.0 Å². The molecule has 1 saturated carbocycles. The van der Waals surface area contributed by atoms with Gasteiger partial charge in [0.2, 0.25) is 0 Å². The highest BCUT2D eigenvalue weighted by molar-refractivity contribution is 6.06. The Morgan fingerprint density at radius 2 is 2.21 bits per heavy atom. The first-order chi connectivity index (χ1) is 11.6. The molecule has 24 heavy (non-hydrogen) atoms. The number of rotatable bonds is 3. The first-order valence-electron chi connectivity index (χ1n) is 8.88. The van der Waals surface area contributed by atoms with Gasteiger partial charge in [0.25, 0.3) is 11.6 Å². The SMILES string of the molecule is CC(C)c1noc2nc(C3CC3)cc(C(=O)N3CCNCC3C)c12. The molecule has 0 aromatic carbocycles. The quantitative estimate of drug-likeness (QED) is 0.938. The molecule has 0 spiro atoms. The lowest BCUT2D eigenvalue weighted by atomic mass is 10.0. The van der Waals surface area contributed by atoms with Gasteiger partial charge < -0.3 is 14.7 Å². The number of piperazine rings is 1. The molecule has 6 heteroatoms. The van der Waals surface area contributed by atoms with E-state index < -0.39 is 0 Å². The Hall–Kier alpha value is -1.95. The predicted octanol–water partition coefficient (Wildman–Crippen LogP) is 2.66. The van der Waals surface area contributed by atoms with Crippen molar-refractivity contribution in [2.45, 2.75) is 51.5 Å². The van der Waals surface area contributed by atoms with E-state index in [9.17, 15) is 4.79 Å². The largest absolute Gasteiger partial charge is 0.335 e. The molecule has 1 atom stereocenters. The molecule has 128 valence electrons. The lowest BCUT2D eigenvalue weighted by Crippen LogP contribution is -2.52. The highest BCUT2D eigenvalue weighted by atomic mass is 16.5. The maximum Gasteiger partial charge on any atom is 0.259 e. The van der Waals surface area contributed by atoms with Crippen molar-refractivity contribution in [1.82, 2.24) is 20.4 Å². The van der Waals surface area contributed by atoms with Gasteiger partial charge in [0.05, 0.1) is 16.6 Å². The number of fused-ring (bicyclic) bond motifs is 1. The van der Waals surface area contributed by atoms with Gasteiger partial charge in [0, 0.05) is 37.3 Å². The van der Waals surface area contributed by atoms with Gasteiger partial charge in [-0.3, -0.25) is 4.79 Å². The van der Waals surface area contributed by atoms with Crippen LogP contribution in [0.15, 0.2) is 10.6 Å². The second-order valence-electron chi connectivity index (χ2n) is 7.32. The summed E-state index contributed by atoms with van der Waals surface area (Å²) in [5.41, 5.74) is 3.01. The van der Waals surface area contributed by atoms with Crippen LogP contribution >= 0.6 is 0 Å². The number of amides is 1. The fourth-order valence-electron chi connectivity index (χ4n) is 3.44. The van der Waals surface area contributed by atoms with Crippen molar-refractivity contribution >= 4 is 17.0 Å². The minimum Gasteiger partial charge on any atom is -0.335 e. The summed E-state index contributed by atoms with van der Waals surface area (Å²) in [7, 11) is 0. The molecule has 6 nitrogen and oxygen atoms in total. The molecule has 1 unspecified atom stereocenters. The van der Waals surface area contributed by atoms with Crippen LogP contribution in [-0.2, 0) is 0 Å². The Balaban J connectivity index is 1.84. The molecular formula is C18H24N4O2. The molecule has 1 aliphatic heterocycles. The zero-order valence-corrected chi connectivity index (χ0v) is 14.5. The lowest BCUT2D eigenvalue weighted by Gasteiger charge is -2.34. The van der Waals surface area contributed by atoms with Gasteiger partial charge in [-0.05, 0) is 31.7 Å². The van der Waals surface area contributed by atoms with E-state index in [-0.39, 0.29) is 17.9 Å². The van der Waals surface area contributed by atoms with Crippen LogP contribution in [-0.4, -0.2) is 46.6 Å². The molecule has 3 heterocycles. The molecule has 1 aliphatic carbocycles. The average molecular weight is 328 g/mol. The maximum absolute atomic E-state index is 13.3. The van der Waals surface area contributed by atoms with Crippen LogP contribution in [0.4, 0.5) is 0 Å². The first-order valence-corrected chi connectivity index (χ1v) is 8.88. The van der Waals surface area contributed by atoms with Gasteiger partial charge >= 0.3 is 0 Å². The van der Waals surface area contributed by atoms with E-state index in [1.807, 2.05) is 11.0 Å². The molecule has 2 aromatic rings. The van der Waals surface area contributed by atoms with Crippen LogP contribution in [0.2, 0.25) is 0 Å². The summed E-state index contributed by atoms with van der Waals surface area (Å²) in [6, 6.07) is 2.17. The van der Waals surface area contributed by atoms with Crippen molar-refractivity contribution in [2.75, 3.05) is 19.6 Å². The molecule has 1 amide bonds. The fourth-order valence-corrected chi connectivity index (χ4v) is 3.44. The molecule has 4 rings (SSSR count). The lowest BCUT2D eigenvalue weighted by molar-refractivity contribution is 0.0657. The van der Waals surface area contributed by atoms with Gasteiger partial charge in [0.15, 0.2) is 0 Å². The van der Waals surface area contributed by atoms with E-state index in [1.165, 1.54) is 0 Å². The fraction of sp³-hybridized carbons (Fsp3) is 0.611. The zero-order chi connectivity index (χ0) is 16.8. The van der Waals surface area contributed by atoms with E-state index in [0.717, 1.165) is 49.2 Å². The Kier molecular flexibility index (Phi) is 3.79. The van der Waals surface area contributed by atoms with Gasteiger partial charge in [-0.15, -0.1) is 0 Å². The van der Waals surface area contributed by atoms with Crippen molar-refractivity contribution in [2.24, 2.45) is 0 Å². The van der Waals surface area contributed by atoms with Gasteiger partial charge in [-0.1, -0.05) is 19.0 Å². The molecule has 1 N–H and O–H groups in total. The summed E-state index contributed by atoms with van der Waals surface area (Å²) in [5, 5.41) is 8.33. The highest BCUT2D eigenvalue weighted by Gasteiger charge is 2.32. The van der Waals surface area contributed by atoms with Crippen molar-refractivity contribution in [3.8, 4) is 0 Å². The minimum absolute atomic E-state index is 0.0726. The second kappa shape index (κ2) is 5.84. The van der Waals surface area contributed by atoms with E-state index in [4.69, 9.17) is 4.52 Å². The predicted molar refractivity (Wildman–Crippen MR) is 91.2 cm³/mol. The Bertz CT molecular complexity index is 779. The smallest absolute Gasteiger partial charge is 0.259 e. The molecule has 2 aliphatic rings. The number of aromatic nitrogens is 2. The number of hydrogen-bond acceptors (Lipinski definition) is 5. The monoisotopic (exact) mass is 328 g/mol. The minimum atomic E-state index is 0.0726. The summed E-state index contributed by atoms with van der Waals surface area (Å²) < 4.78 is 5.49. The van der Waals surface area contributed by atoms with Gasteiger partial charge in [-0.2, -0.15) is 0 Å².